The summed E-state index contributed by atoms with van der Waals surface area (Å²) in [5, 5.41) is 3.42. The van der Waals surface area contributed by atoms with Gasteiger partial charge in [-0.2, -0.15) is 0 Å². The summed E-state index contributed by atoms with van der Waals surface area (Å²) in [6.45, 7) is 9.87. The fraction of sp³-hybridized carbons (Fsp3) is 0.696. The smallest absolute Gasteiger partial charge is 0.194 e. The van der Waals surface area contributed by atoms with Gasteiger partial charge >= 0.3 is 0 Å². The van der Waals surface area contributed by atoms with Gasteiger partial charge in [-0.15, -0.1) is 24.0 Å². The lowest BCUT2D eigenvalue weighted by molar-refractivity contribution is -0.0721. The second-order valence-electron chi connectivity index (χ2n) is 7.91. The van der Waals surface area contributed by atoms with Crippen LogP contribution in [0, 0.1) is 6.92 Å². The third-order valence-corrected chi connectivity index (χ3v) is 5.51. The standard InChI is InChI=1S/C23H37N3O3.HI/c1-3-24-23(25-13-17-28-20-9-7-19(2)8-10-20)26-14-11-21(12-15-26)29-18-22-6-4-5-16-27-22;/h7-10,21-22H,3-6,11-18H2,1-2H3,(H,24,25);1H. The maximum absolute atomic E-state index is 6.13. The van der Waals surface area contributed by atoms with Gasteiger partial charge in [-0.05, 0) is 58.1 Å². The van der Waals surface area contributed by atoms with Gasteiger partial charge in [0.1, 0.15) is 12.4 Å². The normalized spacial score (nSPS) is 20.5. The van der Waals surface area contributed by atoms with Crippen LogP contribution in [-0.2, 0) is 9.47 Å². The van der Waals surface area contributed by atoms with Gasteiger partial charge in [0.05, 0.1) is 25.4 Å². The van der Waals surface area contributed by atoms with Crippen LogP contribution in [0.5, 0.6) is 5.75 Å². The number of nitrogens with one attached hydrogen (secondary N) is 1. The maximum Gasteiger partial charge on any atom is 0.194 e. The number of rotatable bonds is 8. The fourth-order valence-corrected chi connectivity index (χ4v) is 3.79. The summed E-state index contributed by atoms with van der Waals surface area (Å²) in [7, 11) is 0. The van der Waals surface area contributed by atoms with Crippen molar-refractivity contribution in [3.8, 4) is 5.75 Å². The Bertz CT molecular complexity index is 613. The number of hydrogen-bond acceptors (Lipinski definition) is 4. The van der Waals surface area contributed by atoms with E-state index < -0.39 is 0 Å². The molecule has 170 valence electrons. The van der Waals surface area contributed by atoms with Crippen molar-refractivity contribution >= 4 is 29.9 Å². The van der Waals surface area contributed by atoms with Crippen molar-refractivity contribution in [2.24, 2.45) is 4.99 Å². The number of piperidine rings is 1. The predicted molar refractivity (Wildman–Crippen MR) is 132 cm³/mol. The van der Waals surface area contributed by atoms with Crippen LogP contribution in [-0.4, -0.2) is 69.1 Å². The zero-order chi connectivity index (χ0) is 20.3. The molecule has 1 aromatic carbocycles. The first-order valence-corrected chi connectivity index (χ1v) is 11.2. The molecule has 0 aliphatic carbocycles. The second kappa shape index (κ2) is 14.1. The molecule has 1 N–H and O–H groups in total. The highest BCUT2D eigenvalue weighted by Crippen LogP contribution is 2.18. The largest absolute Gasteiger partial charge is 0.492 e. The summed E-state index contributed by atoms with van der Waals surface area (Å²) in [6, 6.07) is 8.14. The summed E-state index contributed by atoms with van der Waals surface area (Å²) in [5.41, 5.74) is 1.24. The van der Waals surface area contributed by atoms with E-state index in [9.17, 15) is 0 Å². The second-order valence-corrected chi connectivity index (χ2v) is 7.91. The average molecular weight is 531 g/mol. The molecule has 6 nitrogen and oxygen atoms in total. The number of aryl methyl sites for hydroxylation is 1. The van der Waals surface area contributed by atoms with Crippen molar-refractivity contribution in [2.45, 2.75) is 58.2 Å². The molecule has 1 atom stereocenters. The Hall–Kier alpha value is -1.06. The molecule has 3 rings (SSSR count). The van der Waals surface area contributed by atoms with Crippen LogP contribution in [0.3, 0.4) is 0 Å². The van der Waals surface area contributed by atoms with Crippen molar-refractivity contribution in [1.82, 2.24) is 10.2 Å². The molecule has 0 saturated carbocycles. The molecule has 0 bridgehead atoms. The molecule has 0 aromatic heterocycles. The molecular weight excluding hydrogens is 493 g/mol. The van der Waals surface area contributed by atoms with E-state index in [2.05, 4.69) is 36.2 Å². The predicted octanol–water partition coefficient (Wildman–Crippen LogP) is 4.01. The Morgan fingerprint density at radius 2 is 1.93 bits per heavy atom. The zero-order valence-corrected chi connectivity index (χ0v) is 20.8. The summed E-state index contributed by atoms with van der Waals surface area (Å²) < 4.78 is 17.7. The molecule has 2 fully saturated rings. The summed E-state index contributed by atoms with van der Waals surface area (Å²) >= 11 is 0. The van der Waals surface area contributed by atoms with Crippen molar-refractivity contribution in [2.75, 3.05) is 46.0 Å². The molecule has 0 spiro atoms. The molecule has 30 heavy (non-hydrogen) atoms. The van der Waals surface area contributed by atoms with Gasteiger partial charge in [0.15, 0.2) is 5.96 Å². The van der Waals surface area contributed by atoms with Crippen LogP contribution in [0.25, 0.3) is 0 Å². The van der Waals surface area contributed by atoms with Gasteiger partial charge in [-0.25, -0.2) is 4.99 Å². The van der Waals surface area contributed by atoms with Crippen LogP contribution in [0.4, 0.5) is 0 Å². The lowest BCUT2D eigenvalue weighted by atomic mass is 10.1. The van der Waals surface area contributed by atoms with Gasteiger partial charge in [0, 0.05) is 26.2 Å². The van der Waals surface area contributed by atoms with Gasteiger partial charge in [0.2, 0.25) is 0 Å². The molecule has 2 saturated heterocycles. The van der Waals surface area contributed by atoms with Gasteiger partial charge < -0.3 is 24.4 Å². The Morgan fingerprint density at radius 3 is 2.60 bits per heavy atom. The Balaban J connectivity index is 0.00000320. The highest BCUT2D eigenvalue weighted by Gasteiger charge is 2.23. The van der Waals surface area contributed by atoms with Crippen LogP contribution < -0.4 is 10.1 Å². The van der Waals surface area contributed by atoms with Crippen LogP contribution in [0.15, 0.2) is 29.3 Å². The first kappa shape index (κ1) is 25.2. The number of ether oxygens (including phenoxy) is 3. The third-order valence-electron chi connectivity index (χ3n) is 5.51. The van der Waals surface area contributed by atoms with Crippen molar-refractivity contribution in [1.29, 1.82) is 0 Å². The number of aliphatic imine (C=N–C) groups is 1. The third kappa shape index (κ3) is 8.59. The highest BCUT2D eigenvalue weighted by molar-refractivity contribution is 14.0. The highest BCUT2D eigenvalue weighted by atomic mass is 127. The molecule has 2 aliphatic rings. The minimum atomic E-state index is 0. The molecule has 2 heterocycles. The van der Waals surface area contributed by atoms with Gasteiger partial charge in [-0.3, -0.25) is 0 Å². The van der Waals surface area contributed by atoms with Gasteiger partial charge in [0.25, 0.3) is 0 Å². The summed E-state index contributed by atoms with van der Waals surface area (Å²) in [4.78, 5) is 7.10. The van der Waals surface area contributed by atoms with Crippen molar-refractivity contribution < 1.29 is 14.2 Å². The molecule has 0 amide bonds. The topological polar surface area (TPSA) is 55.3 Å². The van der Waals surface area contributed by atoms with Crippen molar-refractivity contribution in [3.05, 3.63) is 29.8 Å². The number of hydrogen-bond donors (Lipinski definition) is 1. The summed E-state index contributed by atoms with van der Waals surface area (Å²) in [5.74, 6) is 1.88. The van der Waals surface area contributed by atoms with E-state index in [1.54, 1.807) is 0 Å². The minimum absolute atomic E-state index is 0. The Labute approximate surface area is 198 Å². The monoisotopic (exact) mass is 531 g/mol. The SMILES string of the molecule is CCNC(=NCCOc1ccc(C)cc1)N1CCC(OCC2CCCCO2)CC1.I. The number of guanidine groups is 1. The molecular formula is C23H38IN3O3. The maximum atomic E-state index is 6.13. The first-order chi connectivity index (χ1) is 14.2. The van der Waals surface area contributed by atoms with Crippen LogP contribution in [0.1, 0.15) is 44.6 Å². The fourth-order valence-electron chi connectivity index (χ4n) is 3.79. The van der Waals surface area contributed by atoms with E-state index in [0.717, 1.165) is 63.8 Å². The van der Waals surface area contributed by atoms with E-state index in [-0.39, 0.29) is 24.0 Å². The van der Waals surface area contributed by atoms with Gasteiger partial charge in [-0.1, -0.05) is 17.7 Å². The molecule has 1 unspecified atom stereocenters. The lowest BCUT2D eigenvalue weighted by Crippen LogP contribution is -2.47. The number of benzene rings is 1. The van der Waals surface area contributed by atoms with E-state index >= 15 is 0 Å². The minimum Gasteiger partial charge on any atom is -0.492 e. The molecule has 2 aliphatic heterocycles. The quantitative estimate of drug-likeness (QED) is 0.238. The molecule has 1 aromatic rings. The van der Waals surface area contributed by atoms with Crippen LogP contribution >= 0.6 is 24.0 Å². The lowest BCUT2D eigenvalue weighted by Gasteiger charge is -2.35. The number of nitrogens with zero attached hydrogens (tertiary/aromatic N) is 2. The van der Waals surface area contributed by atoms with Crippen LogP contribution in [0.2, 0.25) is 0 Å². The number of likely N-dealkylation sites (tertiary alicyclic amines) is 1. The van der Waals surface area contributed by atoms with E-state index in [1.165, 1.54) is 18.4 Å². The average Bonchev–Trinajstić information content (AvgIpc) is 2.77. The molecule has 7 heteroatoms. The zero-order valence-electron chi connectivity index (χ0n) is 18.5. The number of halogens is 1. The van der Waals surface area contributed by atoms with E-state index in [0.29, 0.717) is 25.4 Å². The van der Waals surface area contributed by atoms with E-state index in [4.69, 9.17) is 19.2 Å². The molecule has 0 radical (unpaired) electrons. The Morgan fingerprint density at radius 1 is 1.17 bits per heavy atom. The van der Waals surface area contributed by atoms with Crippen molar-refractivity contribution in [3.63, 3.8) is 0 Å². The van der Waals surface area contributed by atoms with E-state index in [1.807, 2.05) is 12.1 Å². The Kier molecular flexibility index (Phi) is 11.8. The summed E-state index contributed by atoms with van der Waals surface area (Å²) in [6.07, 6.45) is 6.31. The first-order valence-electron chi connectivity index (χ1n) is 11.2.